The number of hydrogen-bond donors (Lipinski definition) is 0. The average Bonchev–Trinajstić information content (AvgIpc) is 3.10. The van der Waals surface area contributed by atoms with Crippen LogP contribution < -0.4 is 4.57 Å². The number of fused-ring (bicyclic) bond motifs is 3. The molecule has 0 atom stereocenters. The second-order valence-electron chi connectivity index (χ2n) is 8.31. The van der Waals surface area contributed by atoms with Gasteiger partial charge in [0.25, 0.3) is 0 Å². The number of benzene rings is 3. The highest BCUT2D eigenvalue weighted by Gasteiger charge is 2.29. The molecule has 0 aliphatic heterocycles. The lowest BCUT2D eigenvalue weighted by Gasteiger charge is -2.17. The molecular weight excluding hydrogens is 350 g/mol. The van der Waals surface area contributed by atoms with E-state index in [1.807, 2.05) is 0 Å². The van der Waals surface area contributed by atoms with Gasteiger partial charge >= 0.3 is 0 Å². The Kier molecular flexibility index (Phi) is 4.13. The highest BCUT2D eigenvalue weighted by atomic mass is 14.9. The van der Waals surface area contributed by atoms with E-state index in [-0.39, 0.29) is 0 Å². The molecule has 1 aliphatic rings. The first-order valence-electron chi connectivity index (χ1n) is 10.3. The van der Waals surface area contributed by atoms with E-state index in [0.29, 0.717) is 0 Å². The van der Waals surface area contributed by atoms with Crippen LogP contribution in [0.2, 0.25) is 0 Å². The van der Waals surface area contributed by atoms with Gasteiger partial charge in [-0.3, -0.25) is 0 Å². The SMILES string of the molecule is Cc1cc(-c2c(C)cc(-c3ccccc3)c3c2Cc2ccccc2-3)[n+](C)cc1C. The Hall–Kier alpha value is -3.19. The zero-order valence-electron chi connectivity index (χ0n) is 17.6. The van der Waals surface area contributed by atoms with Crippen LogP contribution in [0, 0.1) is 20.8 Å². The third-order valence-corrected chi connectivity index (χ3v) is 6.37. The van der Waals surface area contributed by atoms with E-state index in [1.165, 1.54) is 61.3 Å². The zero-order valence-corrected chi connectivity index (χ0v) is 17.6. The summed E-state index contributed by atoms with van der Waals surface area (Å²) in [5.41, 5.74) is 15.0. The smallest absolute Gasteiger partial charge is 0.201 e. The molecule has 1 aliphatic carbocycles. The summed E-state index contributed by atoms with van der Waals surface area (Å²) in [6, 6.07) is 24.4. The molecule has 29 heavy (non-hydrogen) atoms. The van der Waals surface area contributed by atoms with Crippen LogP contribution in [0.4, 0.5) is 0 Å². The lowest BCUT2D eigenvalue weighted by Crippen LogP contribution is -2.32. The van der Waals surface area contributed by atoms with Crippen LogP contribution in [0.15, 0.2) is 72.9 Å². The molecule has 1 aromatic heterocycles. The minimum atomic E-state index is 0.995. The van der Waals surface area contributed by atoms with Gasteiger partial charge in [-0.05, 0) is 77.8 Å². The molecule has 1 nitrogen and oxygen atoms in total. The van der Waals surface area contributed by atoms with E-state index in [2.05, 4.69) is 105 Å². The number of nitrogens with zero attached hydrogens (tertiary/aromatic N) is 1. The van der Waals surface area contributed by atoms with Gasteiger partial charge in [0.15, 0.2) is 6.20 Å². The van der Waals surface area contributed by atoms with Crippen LogP contribution in [0.5, 0.6) is 0 Å². The Balaban J connectivity index is 1.86. The number of hydrogen-bond acceptors (Lipinski definition) is 0. The first-order chi connectivity index (χ1) is 14.0. The van der Waals surface area contributed by atoms with Gasteiger partial charge in [0.1, 0.15) is 7.05 Å². The number of rotatable bonds is 2. The molecule has 0 unspecified atom stereocenters. The topological polar surface area (TPSA) is 3.88 Å². The van der Waals surface area contributed by atoms with E-state index in [1.54, 1.807) is 0 Å². The van der Waals surface area contributed by atoms with Gasteiger partial charge in [0, 0.05) is 11.6 Å². The third kappa shape index (κ3) is 2.81. The molecule has 142 valence electrons. The molecule has 1 heterocycles. The summed E-state index contributed by atoms with van der Waals surface area (Å²) in [6.45, 7) is 6.66. The Labute approximate surface area is 173 Å². The lowest BCUT2D eigenvalue weighted by molar-refractivity contribution is -0.660. The van der Waals surface area contributed by atoms with Crippen molar-refractivity contribution in [3.05, 3.63) is 101 Å². The van der Waals surface area contributed by atoms with Crippen molar-refractivity contribution in [3.63, 3.8) is 0 Å². The predicted molar refractivity (Wildman–Crippen MR) is 121 cm³/mol. The molecular formula is C28H26N+. The van der Waals surface area contributed by atoms with E-state index in [4.69, 9.17) is 0 Å². The normalized spacial score (nSPS) is 12.0. The molecule has 0 radical (unpaired) electrons. The molecule has 0 N–H and O–H groups in total. The van der Waals surface area contributed by atoms with Crippen molar-refractivity contribution in [1.29, 1.82) is 0 Å². The van der Waals surface area contributed by atoms with Gasteiger partial charge in [0.05, 0.1) is 5.56 Å². The second kappa shape index (κ2) is 6.70. The van der Waals surface area contributed by atoms with Crippen LogP contribution in [0.1, 0.15) is 27.8 Å². The van der Waals surface area contributed by atoms with Gasteiger partial charge < -0.3 is 0 Å². The first-order valence-corrected chi connectivity index (χ1v) is 10.3. The Morgan fingerprint density at radius 1 is 0.690 bits per heavy atom. The van der Waals surface area contributed by atoms with Crippen molar-refractivity contribution >= 4 is 0 Å². The van der Waals surface area contributed by atoms with Gasteiger partial charge in [-0.1, -0.05) is 54.6 Å². The standard InChI is InChI=1S/C28H26N/c1-18-15-26(29(4)17-20(18)3)27-19(2)14-24(21-10-6-5-7-11-21)28-23-13-9-8-12-22(23)16-25(27)28/h5-15,17H,16H2,1-4H3/q+1. The van der Waals surface area contributed by atoms with Gasteiger partial charge in [-0.15, -0.1) is 0 Å². The molecule has 0 amide bonds. The molecule has 0 bridgehead atoms. The van der Waals surface area contributed by atoms with E-state index < -0.39 is 0 Å². The summed E-state index contributed by atoms with van der Waals surface area (Å²) < 4.78 is 2.29. The van der Waals surface area contributed by atoms with Gasteiger partial charge in [0.2, 0.25) is 5.69 Å². The van der Waals surface area contributed by atoms with Gasteiger partial charge in [-0.25, -0.2) is 4.57 Å². The van der Waals surface area contributed by atoms with Crippen molar-refractivity contribution in [3.8, 4) is 33.5 Å². The molecule has 0 saturated heterocycles. The molecule has 1 heteroatoms. The predicted octanol–water partition coefficient (Wildman–Crippen LogP) is 6.34. The fourth-order valence-corrected chi connectivity index (χ4v) is 4.81. The van der Waals surface area contributed by atoms with Crippen molar-refractivity contribution in [1.82, 2.24) is 0 Å². The molecule has 3 aromatic carbocycles. The van der Waals surface area contributed by atoms with Crippen molar-refractivity contribution in [2.45, 2.75) is 27.2 Å². The Morgan fingerprint density at radius 2 is 1.41 bits per heavy atom. The summed E-state index contributed by atoms with van der Waals surface area (Å²) in [4.78, 5) is 0. The first kappa shape index (κ1) is 17.9. The summed E-state index contributed by atoms with van der Waals surface area (Å²) in [5.74, 6) is 0. The second-order valence-corrected chi connectivity index (χ2v) is 8.31. The lowest BCUT2D eigenvalue weighted by atomic mass is 9.87. The maximum Gasteiger partial charge on any atom is 0.213 e. The van der Waals surface area contributed by atoms with Crippen LogP contribution in [-0.2, 0) is 13.5 Å². The van der Waals surface area contributed by atoms with Crippen LogP contribution in [0.25, 0.3) is 33.5 Å². The molecule has 4 aromatic rings. The number of pyridine rings is 1. The minimum Gasteiger partial charge on any atom is -0.201 e. The fourth-order valence-electron chi connectivity index (χ4n) is 4.81. The summed E-state index contributed by atoms with van der Waals surface area (Å²) >= 11 is 0. The van der Waals surface area contributed by atoms with E-state index >= 15 is 0 Å². The summed E-state index contributed by atoms with van der Waals surface area (Å²) in [7, 11) is 2.17. The Bertz CT molecular complexity index is 1250. The summed E-state index contributed by atoms with van der Waals surface area (Å²) in [6.07, 6.45) is 3.25. The average molecular weight is 377 g/mol. The summed E-state index contributed by atoms with van der Waals surface area (Å²) in [5, 5.41) is 0. The van der Waals surface area contributed by atoms with Crippen molar-refractivity contribution in [2.75, 3.05) is 0 Å². The minimum absolute atomic E-state index is 0.995. The number of aryl methyl sites for hydroxylation is 4. The largest absolute Gasteiger partial charge is 0.213 e. The van der Waals surface area contributed by atoms with E-state index in [0.717, 1.165) is 6.42 Å². The molecule has 0 fully saturated rings. The monoisotopic (exact) mass is 376 g/mol. The van der Waals surface area contributed by atoms with Gasteiger partial charge in [-0.2, -0.15) is 0 Å². The molecule has 0 spiro atoms. The maximum absolute atomic E-state index is 2.39. The highest BCUT2D eigenvalue weighted by molar-refractivity contribution is 5.95. The Morgan fingerprint density at radius 3 is 2.21 bits per heavy atom. The van der Waals surface area contributed by atoms with Crippen molar-refractivity contribution in [2.24, 2.45) is 7.05 Å². The van der Waals surface area contributed by atoms with Crippen LogP contribution >= 0.6 is 0 Å². The third-order valence-electron chi connectivity index (χ3n) is 6.37. The van der Waals surface area contributed by atoms with Crippen molar-refractivity contribution < 1.29 is 4.57 Å². The maximum atomic E-state index is 2.39. The molecule has 0 saturated carbocycles. The highest BCUT2D eigenvalue weighted by Crippen LogP contribution is 2.47. The fraction of sp³-hybridized carbons (Fsp3) is 0.179. The quantitative estimate of drug-likeness (QED) is 0.316. The molecule has 5 rings (SSSR count). The van der Waals surface area contributed by atoms with Crippen LogP contribution in [-0.4, -0.2) is 0 Å². The zero-order chi connectivity index (χ0) is 20.1. The van der Waals surface area contributed by atoms with E-state index in [9.17, 15) is 0 Å². The number of aromatic nitrogens is 1. The van der Waals surface area contributed by atoms with Crippen LogP contribution in [0.3, 0.4) is 0 Å².